The Hall–Kier alpha value is -0.610. The molecule has 0 aromatic carbocycles. The van der Waals surface area contributed by atoms with Gasteiger partial charge in [0.1, 0.15) is 0 Å². The molecule has 76 valence electrons. The summed E-state index contributed by atoms with van der Waals surface area (Å²) in [6, 6.07) is 0. The topological polar surface area (TPSA) is 66.8 Å². The quantitative estimate of drug-likeness (QED) is 0.676. The average molecular weight is 188 g/mol. The molecule has 1 fully saturated rings. The molecule has 1 saturated heterocycles. The van der Waals surface area contributed by atoms with Crippen molar-refractivity contribution in [3.8, 4) is 0 Å². The van der Waals surface area contributed by atoms with E-state index >= 15 is 0 Å². The van der Waals surface area contributed by atoms with Gasteiger partial charge in [-0.2, -0.15) is 0 Å². The van der Waals surface area contributed by atoms with Crippen molar-refractivity contribution in [2.45, 2.75) is 26.4 Å². The lowest BCUT2D eigenvalue weighted by Crippen LogP contribution is -2.42. The number of aliphatic hydroxyl groups excluding tert-OH is 1. The second kappa shape index (κ2) is 3.64. The highest BCUT2D eigenvalue weighted by molar-refractivity contribution is 5.75. The van der Waals surface area contributed by atoms with Crippen LogP contribution < -0.4 is 0 Å². The third kappa shape index (κ3) is 1.69. The fraction of sp³-hybridized carbons (Fsp3) is 0.889. The molecule has 0 aromatic rings. The van der Waals surface area contributed by atoms with Crippen LogP contribution in [0.5, 0.6) is 0 Å². The highest BCUT2D eigenvalue weighted by Crippen LogP contribution is 2.38. The van der Waals surface area contributed by atoms with Gasteiger partial charge in [-0.1, -0.05) is 6.92 Å². The molecule has 4 nitrogen and oxygen atoms in total. The molecule has 3 atom stereocenters. The summed E-state index contributed by atoms with van der Waals surface area (Å²) in [7, 11) is 0. The van der Waals surface area contributed by atoms with Gasteiger partial charge in [-0.25, -0.2) is 0 Å². The van der Waals surface area contributed by atoms with Crippen LogP contribution in [-0.4, -0.2) is 35.5 Å². The maximum Gasteiger partial charge on any atom is 0.312 e. The molecule has 1 aliphatic heterocycles. The van der Waals surface area contributed by atoms with E-state index < -0.39 is 17.5 Å². The van der Waals surface area contributed by atoms with Gasteiger partial charge in [0.15, 0.2) is 0 Å². The standard InChI is InChI=1S/C9H16O4/c1-6(7(2)10)9(8(11)12)3-4-13-5-9/h6-7,10H,3-5H2,1-2H3,(H,11,12). The van der Waals surface area contributed by atoms with E-state index in [1.165, 1.54) is 0 Å². The molecule has 3 unspecified atom stereocenters. The van der Waals surface area contributed by atoms with Gasteiger partial charge in [0.2, 0.25) is 0 Å². The van der Waals surface area contributed by atoms with E-state index in [0.717, 1.165) is 0 Å². The van der Waals surface area contributed by atoms with E-state index in [1.807, 2.05) is 0 Å². The second-order valence-electron chi connectivity index (χ2n) is 3.79. The van der Waals surface area contributed by atoms with E-state index in [0.29, 0.717) is 13.0 Å². The molecule has 0 aromatic heterocycles. The summed E-state index contributed by atoms with van der Waals surface area (Å²) >= 11 is 0. The molecule has 4 heteroatoms. The number of carboxylic acids is 1. The minimum absolute atomic E-state index is 0.217. The zero-order valence-corrected chi connectivity index (χ0v) is 7.99. The highest BCUT2D eigenvalue weighted by atomic mass is 16.5. The van der Waals surface area contributed by atoms with Crippen LogP contribution in [0.3, 0.4) is 0 Å². The number of hydrogen-bond acceptors (Lipinski definition) is 3. The molecule has 0 saturated carbocycles. The monoisotopic (exact) mass is 188 g/mol. The van der Waals surface area contributed by atoms with Crippen LogP contribution in [0.2, 0.25) is 0 Å². The van der Waals surface area contributed by atoms with Gasteiger partial charge in [0.25, 0.3) is 0 Å². The highest BCUT2D eigenvalue weighted by Gasteiger charge is 2.48. The molecule has 0 aliphatic carbocycles. The van der Waals surface area contributed by atoms with Crippen LogP contribution in [0.15, 0.2) is 0 Å². The van der Waals surface area contributed by atoms with Crippen molar-refractivity contribution < 1.29 is 19.7 Å². The molecule has 0 radical (unpaired) electrons. The van der Waals surface area contributed by atoms with Crippen LogP contribution in [0, 0.1) is 11.3 Å². The Morgan fingerprint density at radius 1 is 1.54 bits per heavy atom. The van der Waals surface area contributed by atoms with Crippen LogP contribution in [0.4, 0.5) is 0 Å². The Morgan fingerprint density at radius 2 is 2.15 bits per heavy atom. The number of hydrogen-bond donors (Lipinski definition) is 2. The predicted octanol–water partition coefficient (Wildman–Crippen LogP) is 0.495. The van der Waals surface area contributed by atoms with Crippen molar-refractivity contribution >= 4 is 5.97 Å². The molecule has 0 bridgehead atoms. The molecule has 13 heavy (non-hydrogen) atoms. The first kappa shape index (κ1) is 10.5. The number of aliphatic carboxylic acids is 1. The SMILES string of the molecule is CC(O)C(C)C1(C(=O)O)CCOC1. The normalized spacial score (nSPS) is 32.8. The summed E-state index contributed by atoms with van der Waals surface area (Å²) < 4.78 is 5.10. The van der Waals surface area contributed by atoms with Crippen molar-refractivity contribution in [1.82, 2.24) is 0 Å². The molecular formula is C9H16O4. The van der Waals surface area contributed by atoms with Crippen molar-refractivity contribution in [3.63, 3.8) is 0 Å². The molecule has 1 rings (SSSR count). The Bertz CT molecular complexity index is 194. The van der Waals surface area contributed by atoms with Crippen molar-refractivity contribution in [2.24, 2.45) is 11.3 Å². The predicted molar refractivity (Wildman–Crippen MR) is 46.3 cm³/mol. The summed E-state index contributed by atoms with van der Waals surface area (Å²) in [5, 5.41) is 18.5. The molecule has 2 N–H and O–H groups in total. The van der Waals surface area contributed by atoms with Gasteiger partial charge in [0.05, 0.1) is 18.1 Å². The number of aliphatic hydroxyl groups is 1. The first-order valence-corrected chi connectivity index (χ1v) is 4.50. The first-order chi connectivity index (χ1) is 6.00. The summed E-state index contributed by atoms with van der Waals surface area (Å²) in [6.07, 6.45) is -0.119. The zero-order chi connectivity index (χ0) is 10.1. The number of carbonyl (C=O) groups is 1. The second-order valence-corrected chi connectivity index (χ2v) is 3.79. The van der Waals surface area contributed by atoms with E-state index in [2.05, 4.69) is 0 Å². The lowest BCUT2D eigenvalue weighted by Gasteiger charge is -2.31. The zero-order valence-electron chi connectivity index (χ0n) is 7.99. The Morgan fingerprint density at radius 3 is 2.46 bits per heavy atom. The maximum absolute atomic E-state index is 11.1. The smallest absolute Gasteiger partial charge is 0.312 e. The van der Waals surface area contributed by atoms with Gasteiger partial charge in [0, 0.05) is 12.5 Å². The average Bonchev–Trinajstić information content (AvgIpc) is 2.51. The van der Waals surface area contributed by atoms with Crippen LogP contribution >= 0.6 is 0 Å². The maximum atomic E-state index is 11.1. The van der Waals surface area contributed by atoms with E-state index in [9.17, 15) is 9.90 Å². The van der Waals surface area contributed by atoms with Crippen LogP contribution in [0.25, 0.3) is 0 Å². The Balaban J connectivity index is 2.84. The summed E-state index contributed by atoms with van der Waals surface area (Å²) in [6.45, 7) is 4.07. The molecule has 0 spiro atoms. The van der Waals surface area contributed by atoms with E-state index in [4.69, 9.17) is 9.84 Å². The van der Waals surface area contributed by atoms with Crippen molar-refractivity contribution in [1.29, 1.82) is 0 Å². The van der Waals surface area contributed by atoms with Crippen LogP contribution in [-0.2, 0) is 9.53 Å². The summed E-state index contributed by atoms with van der Waals surface area (Å²) in [5.74, 6) is -1.13. The number of rotatable bonds is 3. The largest absolute Gasteiger partial charge is 0.481 e. The van der Waals surface area contributed by atoms with E-state index in [1.54, 1.807) is 13.8 Å². The summed E-state index contributed by atoms with van der Waals surface area (Å²) in [4.78, 5) is 11.1. The molecule has 1 aliphatic rings. The molecular weight excluding hydrogens is 172 g/mol. The fourth-order valence-electron chi connectivity index (χ4n) is 1.77. The van der Waals surface area contributed by atoms with Gasteiger partial charge in [-0.15, -0.1) is 0 Å². The third-order valence-electron chi connectivity index (χ3n) is 3.07. The fourth-order valence-corrected chi connectivity index (χ4v) is 1.77. The van der Waals surface area contributed by atoms with Crippen LogP contribution in [0.1, 0.15) is 20.3 Å². The van der Waals surface area contributed by atoms with Crippen molar-refractivity contribution in [3.05, 3.63) is 0 Å². The lowest BCUT2D eigenvalue weighted by molar-refractivity contribution is -0.155. The van der Waals surface area contributed by atoms with Gasteiger partial charge < -0.3 is 14.9 Å². The Kier molecular flexibility index (Phi) is 2.93. The van der Waals surface area contributed by atoms with Gasteiger partial charge in [-0.05, 0) is 13.3 Å². The van der Waals surface area contributed by atoms with Gasteiger partial charge >= 0.3 is 5.97 Å². The minimum atomic E-state index is -0.881. The Labute approximate surface area is 77.5 Å². The van der Waals surface area contributed by atoms with Crippen molar-refractivity contribution in [2.75, 3.05) is 13.2 Å². The number of carboxylic acid groups (broad SMARTS) is 1. The summed E-state index contributed by atoms with van der Waals surface area (Å²) in [5.41, 5.74) is -0.881. The molecule has 0 amide bonds. The number of ether oxygens (including phenoxy) is 1. The third-order valence-corrected chi connectivity index (χ3v) is 3.07. The van der Waals surface area contributed by atoms with Gasteiger partial charge in [-0.3, -0.25) is 4.79 Å². The first-order valence-electron chi connectivity index (χ1n) is 4.50. The lowest BCUT2D eigenvalue weighted by atomic mass is 9.73. The minimum Gasteiger partial charge on any atom is -0.481 e. The molecule has 1 heterocycles. The van der Waals surface area contributed by atoms with E-state index in [-0.39, 0.29) is 12.5 Å².